The lowest BCUT2D eigenvalue weighted by Crippen LogP contribution is -2.61. The lowest BCUT2D eigenvalue weighted by Gasteiger charge is -2.56. The number of hydrogen-bond donors (Lipinski definition) is 3. The molecule has 4 aliphatic carbocycles. The lowest BCUT2D eigenvalue weighted by atomic mass is 9.53. The van der Waals surface area contributed by atoms with E-state index in [4.69, 9.17) is 9.47 Å². The zero-order valence-electron chi connectivity index (χ0n) is 24.9. The molecular weight excluding hydrogens is 574 g/mol. The number of aliphatic hydroxyl groups is 1. The van der Waals surface area contributed by atoms with Gasteiger partial charge in [-0.3, -0.25) is 0 Å². The minimum atomic E-state index is -0.576. The minimum Gasteiger partial charge on any atom is -0.618 e. The number of benzene rings is 2. The van der Waals surface area contributed by atoms with Crippen LogP contribution in [-0.2, 0) is 22.6 Å². The van der Waals surface area contributed by atoms with Gasteiger partial charge in [-0.25, -0.2) is 4.79 Å². The van der Waals surface area contributed by atoms with Gasteiger partial charge in [0.25, 0.3) is 5.03 Å². The first kappa shape index (κ1) is 29.6. The molecule has 5 fully saturated rings. The highest BCUT2D eigenvalue weighted by Crippen LogP contribution is 2.55. The number of pyridine rings is 1. The third-order valence-corrected chi connectivity index (χ3v) is 11.1. The Bertz CT molecular complexity index is 1410. The Morgan fingerprint density at radius 1 is 0.886 bits per heavy atom. The van der Waals surface area contributed by atoms with E-state index in [1.807, 2.05) is 60.7 Å². The molecule has 1 aliphatic heterocycles. The van der Waals surface area contributed by atoms with Crippen LogP contribution in [0.5, 0.6) is 0 Å². The van der Waals surface area contributed by atoms with Crippen molar-refractivity contribution in [2.75, 3.05) is 5.75 Å². The summed E-state index contributed by atoms with van der Waals surface area (Å²) in [6.45, 7) is 0.449. The predicted molar refractivity (Wildman–Crippen MR) is 167 cm³/mol. The van der Waals surface area contributed by atoms with Crippen molar-refractivity contribution in [3.05, 3.63) is 100 Å². The molecule has 5 aliphatic rings. The number of carbonyl (C=O) groups excluding carboxylic acids is 1. The molecule has 3 unspecified atom stereocenters. The van der Waals surface area contributed by atoms with Crippen LogP contribution in [0.2, 0.25) is 0 Å². The highest BCUT2D eigenvalue weighted by molar-refractivity contribution is 7.99. The number of ether oxygens (including phenoxy) is 2. The van der Waals surface area contributed by atoms with Crippen LogP contribution in [0.3, 0.4) is 0 Å². The number of rotatable bonds is 9. The molecule has 1 saturated heterocycles. The number of urea groups is 1. The van der Waals surface area contributed by atoms with Gasteiger partial charge in [0.15, 0.2) is 12.5 Å². The van der Waals surface area contributed by atoms with Crippen molar-refractivity contribution in [2.24, 2.45) is 17.8 Å². The van der Waals surface area contributed by atoms with Gasteiger partial charge in [-0.2, -0.15) is 4.73 Å². The second kappa shape index (κ2) is 12.7. The van der Waals surface area contributed by atoms with E-state index in [9.17, 15) is 15.1 Å². The van der Waals surface area contributed by atoms with Crippen molar-refractivity contribution in [1.29, 1.82) is 0 Å². The van der Waals surface area contributed by atoms with Gasteiger partial charge < -0.3 is 30.4 Å². The molecule has 0 radical (unpaired) electrons. The van der Waals surface area contributed by atoms with Gasteiger partial charge in [0.2, 0.25) is 0 Å². The lowest BCUT2D eigenvalue weighted by molar-refractivity contribution is -0.645. The Hall–Kier alpha value is -3.11. The molecule has 2 amide bonds. The molecule has 1 aromatic heterocycles. The van der Waals surface area contributed by atoms with Crippen LogP contribution < -0.4 is 15.4 Å². The van der Waals surface area contributed by atoms with Gasteiger partial charge in [-0.1, -0.05) is 60.3 Å². The van der Waals surface area contributed by atoms with E-state index in [1.165, 1.54) is 37.2 Å². The van der Waals surface area contributed by atoms with Crippen molar-refractivity contribution < 1.29 is 24.1 Å². The zero-order valence-corrected chi connectivity index (χ0v) is 25.7. The van der Waals surface area contributed by atoms with Crippen molar-refractivity contribution in [2.45, 2.75) is 87.2 Å². The molecule has 232 valence electrons. The van der Waals surface area contributed by atoms with E-state index >= 15 is 0 Å². The Kier molecular flexibility index (Phi) is 8.55. The fourth-order valence-electron chi connectivity index (χ4n) is 8.25. The maximum atomic E-state index is 12.9. The van der Waals surface area contributed by atoms with Crippen molar-refractivity contribution in [3.63, 3.8) is 0 Å². The molecule has 3 aromatic rings. The van der Waals surface area contributed by atoms with Crippen LogP contribution in [0.25, 0.3) is 0 Å². The number of thioether (sulfide) groups is 1. The second-order valence-corrected chi connectivity index (χ2v) is 14.3. The van der Waals surface area contributed by atoms with E-state index in [0.29, 0.717) is 23.7 Å². The molecule has 44 heavy (non-hydrogen) atoms. The Balaban J connectivity index is 0.989. The minimum absolute atomic E-state index is 0.00338. The highest BCUT2D eigenvalue weighted by atomic mass is 32.2. The Morgan fingerprint density at radius 2 is 1.55 bits per heavy atom. The van der Waals surface area contributed by atoms with Gasteiger partial charge in [-0.05, 0) is 79.0 Å². The zero-order chi connectivity index (χ0) is 30.1. The normalized spacial score (nSPS) is 30.7. The Labute approximate surface area is 263 Å². The first-order chi connectivity index (χ1) is 21.4. The van der Waals surface area contributed by atoms with Crippen LogP contribution in [0, 0.1) is 23.0 Å². The number of nitrogens with one attached hydrogen (secondary N) is 2. The molecule has 2 heterocycles. The van der Waals surface area contributed by atoms with Gasteiger partial charge in [0.1, 0.15) is 0 Å². The molecule has 8 rings (SSSR count). The van der Waals surface area contributed by atoms with Crippen molar-refractivity contribution in [1.82, 2.24) is 10.6 Å². The van der Waals surface area contributed by atoms with E-state index < -0.39 is 6.29 Å². The average Bonchev–Trinajstić information content (AvgIpc) is 3.03. The molecule has 3 atom stereocenters. The van der Waals surface area contributed by atoms with E-state index in [1.54, 1.807) is 6.07 Å². The van der Waals surface area contributed by atoms with E-state index in [2.05, 4.69) is 10.6 Å². The number of carbonyl (C=O) groups is 1. The summed E-state index contributed by atoms with van der Waals surface area (Å²) in [4.78, 5) is 12.9. The summed E-state index contributed by atoms with van der Waals surface area (Å²) in [5.41, 5.74) is 3.78. The number of aromatic nitrogens is 1. The summed E-state index contributed by atoms with van der Waals surface area (Å²) in [7, 11) is 0. The molecule has 0 spiro atoms. The van der Waals surface area contributed by atoms with Gasteiger partial charge in [0, 0.05) is 42.0 Å². The molecule has 2 aromatic carbocycles. The third kappa shape index (κ3) is 6.61. The second-order valence-electron chi connectivity index (χ2n) is 13.3. The van der Waals surface area contributed by atoms with Crippen molar-refractivity contribution in [3.8, 4) is 0 Å². The summed E-state index contributed by atoms with van der Waals surface area (Å²) in [6.07, 6.45) is 8.71. The molecule has 9 heteroatoms. The van der Waals surface area contributed by atoms with Gasteiger partial charge in [-0.15, -0.1) is 0 Å². The number of hydrogen-bond acceptors (Lipinski definition) is 6. The van der Waals surface area contributed by atoms with E-state index in [0.717, 1.165) is 64.0 Å². The highest BCUT2D eigenvalue weighted by Gasteiger charge is 2.51. The van der Waals surface area contributed by atoms with E-state index in [-0.39, 0.29) is 30.4 Å². The molecular formula is C35H41N3O5S. The maximum Gasteiger partial charge on any atom is 0.315 e. The standard InChI is InChI=1S/C35H41N3O5S/c39-21-24-6-8-28(9-7-24)31-16-30(22-44-32-3-1-2-12-38(32)41)42-33(43-31)29-10-4-23(5-11-29)20-36-34(40)37-35-17-25-13-26(18-35)15-27(14-25)19-35/h1-12,25-27,30-31,33,39H,13-22H2,(H2,36,37,40). The quantitative estimate of drug-likeness (QED) is 0.157. The third-order valence-electron chi connectivity index (χ3n) is 9.94. The van der Waals surface area contributed by atoms with Crippen LogP contribution in [0.15, 0.2) is 78.0 Å². The van der Waals surface area contributed by atoms with Gasteiger partial charge >= 0.3 is 6.03 Å². The fraction of sp³-hybridized carbons (Fsp3) is 0.486. The van der Waals surface area contributed by atoms with Crippen molar-refractivity contribution >= 4 is 17.8 Å². The summed E-state index contributed by atoms with van der Waals surface area (Å²) in [6, 6.07) is 21.2. The molecule has 4 bridgehead atoms. The SMILES string of the molecule is O=C(NCc1ccc(C2OC(CSc3cccc[n+]3[O-])CC(c3ccc(CO)cc3)O2)cc1)NC12CC3CC(CC(C3)C1)C2. The summed E-state index contributed by atoms with van der Waals surface area (Å²) < 4.78 is 13.8. The average molecular weight is 616 g/mol. The number of aliphatic hydroxyl groups excluding tert-OH is 1. The molecule has 4 saturated carbocycles. The number of amides is 2. The van der Waals surface area contributed by atoms with Crippen LogP contribution >= 0.6 is 11.8 Å². The maximum absolute atomic E-state index is 12.9. The first-order valence-corrected chi connectivity index (χ1v) is 16.9. The molecule has 8 nitrogen and oxygen atoms in total. The number of nitrogens with zero attached hydrogens (tertiary/aromatic N) is 1. The topological polar surface area (TPSA) is 107 Å². The fourth-order valence-corrected chi connectivity index (χ4v) is 9.18. The predicted octanol–water partition coefficient (Wildman–Crippen LogP) is 5.92. The van der Waals surface area contributed by atoms with Crippen LogP contribution in [-0.4, -0.2) is 28.5 Å². The summed E-state index contributed by atoms with van der Waals surface area (Å²) in [5, 5.41) is 28.8. The molecule has 3 N–H and O–H groups in total. The van der Waals surface area contributed by atoms with Gasteiger partial charge in [0.05, 0.1) is 18.8 Å². The summed E-state index contributed by atoms with van der Waals surface area (Å²) >= 11 is 1.48. The van der Waals surface area contributed by atoms with Crippen LogP contribution in [0.1, 0.15) is 79.6 Å². The summed E-state index contributed by atoms with van der Waals surface area (Å²) in [5.74, 6) is 2.98. The first-order valence-electron chi connectivity index (χ1n) is 15.9. The Morgan fingerprint density at radius 3 is 2.20 bits per heavy atom. The smallest absolute Gasteiger partial charge is 0.315 e. The van der Waals surface area contributed by atoms with Crippen LogP contribution in [0.4, 0.5) is 4.79 Å². The monoisotopic (exact) mass is 615 g/mol. The largest absolute Gasteiger partial charge is 0.618 e.